The summed E-state index contributed by atoms with van der Waals surface area (Å²) in [7, 11) is 0. The van der Waals surface area contributed by atoms with Crippen molar-refractivity contribution in [1.29, 1.82) is 0 Å². The Balaban J connectivity index is 1.75. The Kier molecular flexibility index (Phi) is 5.19. The highest BCUT2D eigenvalue weighted by molar-refractivity contribution is 7.16. The Hall–Kier alpha value is -2.19. The molecule has 134 valence electrons. The highest BCUT2D eigenvalue weighted by atomic mass is 32.1. The van der Waals surface area contributed by atoms with E-state index in [1.54, 1.807) is 4.90 Å². The number of piperidine rings is 1. The maximum absolute atomic E-state index is 12.7. The molecule has 3 rings (SSSR count). The predicted octanol–water partition coefficient (Wildman–Crippen LogP) is 1.21. The molecular formula is C17H22N4O3S. The third-order valence-corrected chi connectivity index (χ3v) is 5.37. The number of amides is 2. The van der Waals surface area contributed by atoms with Crippen LogP contribution in [0.2, 0.25) is 0 Å². The molecular weight excluding hydrogens is 340 g/mol. The van der Waals surface area contributed by atoms with Gasteiger partial charge in [0.15, 0.2) is 5.13 Å². The van der Waals surface area contributed by atoms with Crippen molar-refractivity contribution >= 4 is 23.2 Å². The van der Waals surface area contributed by atoms with E-state index >= 15 is 0 Å². The monoisotopic (exact) mass is 362 g/mol. The van der Waals surface area contributed by atoms with Crippen LogP contribution < -0.4 is 5.32 Å². The molecule has 1 aliphatic rings. The molecule has 0 aromatic carbocycles. The van der Waals surface area contributed by atoms with Gasteiger partial charge in [0.25, 0.3) is 5.91 Å². The van der Waals surface area contributed by atoms with Crippen molar-refractivity contribution in [3.05, 3.63) is 35.1 Å². The molecule has 0 radical (unpaired) electrons. The van der Waals surface area contributed by atoms with E-state index in [0.29, 0.717) is 30.8 Å². The van der Waals surface area contributed by atoms with Gasteiger partial charge in [-0.05, 0) is 25.0 Å². The zero-order valence-corrected chi connectivity index (χ0v) is 15.1. The summed E-state index contributed by atoms with van der Waals surface area (Å²) in [6.07, 6.45) is 4.27. The van der Waals surface area contributed by atoms with E-state index in [1.165, 1.54) is 18.3 Å². The number of aliphatic hydroxyl groups excluding tert-OH is 1. The van der Waals surface area contributed by atoms with Gasteiger partial charge in [-0.15, -0.1) is 0 Å². The van der Waals surface area contributed by atoms with Gasteiger partial charge in [-0.3, -0.25) is 9.59 Å². The highest BCUT2D eigenvalue weighted by Crippen LogP contribution is 2.23. The number of rotatable bonds is 4. The molecule has 7 nitrogen and oxygen atoms in total. The number of thiazole rings is 1. The van der Waals surface area contributed by atoms with Crippen LogP contribution in [0.15, 0.2) is 24.5 Å². The summed E-state index contributed by atoms with van der Waals surface area (Å²) in [5.74, 6) is -0.296. The van der Waals surface area contributed by atoms with E-state index in [9.17, 15) is 14.7 Å². The first-order valence-electron chi connectivity index (χ1n) is 8.35. The van der Waals surface area contributed by atoms with Gasteiger partial charge in [0, 0.05) is 38.4 Å². The molecule has 2 aromatic heterocycles. The lowest BCUT2D eigenvalue weighted by atomic mass is 10.0. The number of nitrogens with one attached hydrogen (secondary N) is 1. The number of carbonyl (C=O) groups excluding carboxylic acids is 2. The molecule has 0 saturated carbocycles. The first-order chi connectivity index (χ1) is 12.0. The number of likely N-dealkylation sites (tertiary alicyclic amines) is 1. The van der Waals surface area contributed by atoms with E-state index in [0.717, 1.165) is 10.8 Å². The van der Waals surface area contributed by atoms with Gasteiger partial charge in [-0.2, -0.15) is 0 Å². The zero-order valence-electron chi connectivity index (χ0n) is 14.3. The maximum atomic E-state index is 12.7. The molecule has 25 heavy (non-hydrogen) atoms. The first-order valence-corrected chi connectivity index (χ1v) is 9.17. The van der Waals surface area contributed by atoms with Gasteiger partial charge in [0.1, 0.15) is 4.88 Å². The molecule has 0 bridgehead atoms. The van der Waals surface area contributed by atoms with Gasteiger partial charge in [0.05, 0.1) is 11.8 Å². The Labute approximate surface area is 150 Å². The normalized spacial score (nSPS) is 20.5. The van der Waals surface area contributed by atoms with Crippen molar-refractivity contribution in [3.8, 4) is 5.13 Å². The largest absolute Gasteiger partial charge is 0.391 e. The van der Waals surface area contributed by atoms with Crippen LogP contribution in [0.3, 0.4) is 0 Å². The lowest BCUT2D eigenvalue weighted by molar-refractivity contribution is -0.132. The van der Waals surface area contributed by atoms with Crippen LogP contribution in [0.4, 0.5) is 0 Å². The second kappa shape index (κ2) is 7.37. The minimum Gasteiger partial charge on any atom is -0.391 e. The van der Waals surface area contributed by atoms with E-state index in [4.69, 9.17) is 0 Å². The summed E-state index contributed by atoms with van der Waals surface area (Å²) >= 11 is 1.34. The molecule has 2 aromatic rings. The number of β-amino-alcohol motifs (C(OH)–C–C–N with tert-alkyl or cyclic N) is 1. The second-order valence-electron chi connectivity index (χ2n) is 6.20. The SMILES string of the molecule is CCc1nc(-n2cccc2)sc1C(=O)NC1CC(O)CN(C(C)=O)C1. The fourth-order valence-corrected chi connectivity index (χ4v) is 4.04. The third kappa shape index (κ3) is 3.91. The van der Waals surface area contributed by atoms with Crippen molar-refractivity contribution in [2.75, 3.05) is 13.1 Å². The average Bonchev–Trinajstić information content (AvgIpc) is 3.23. The molecule has 3 heterocycles. The molecule has 2 amide bonds. The Morgan fingerprint density at radius 3 is 2.72 bits per heavy atom. The molecule has 8 heteroatoms. The quantitative estimate of drug-likeness (QED) is 0.856. The molecule has 2 unspecified atom stereocenters. The van der Waals surface area contributed by atoms with Gasteiger partial charge >= 0.3 is 0 Å². The maximum Gasteiger partial charge on any atom is 0.263 e. The number of aliphatic hydroxyl groups is 1. The highest BCUT2D eigenvalue weighted by Gasteiger charge is 2.29. The van der Waals surface area contributed by atoms with Crippen LogP contribution in [-0.2, 0) is 11.2 Å². The summed E-state index contributed by atoms with van der Waals surface area (Å²) < 4.78 is 1.88. The Bertz CT molecular complexity index is 756. The summed E-state index contributed by atoms with van der Waals surface area (Å²) in [5.41, 5.74) is 0.756. The number of hydrogen-bond donors (Lipinski definition) is 2. The lowest BCUT2D eigenvalue weighted by Gasteiger charge is -2.35. The minimum atomic E-state index is -0.620. The van der Waals surface area contributed by atoms with Crippen LogP contribution in [0.25, 0.3) is 5.13 Å². The molecule has 0 spiro atoms. The molecule has 1 saturated heterocycles. The number of nitrogens with zero attached hydrogens (tertiary/aromatic N) is 3. The summed E-state index contributed by atoms with van der Waals surface area (Å²) in [4.78, 5) is 31.0. The number of hydrogen-bond acceptors (Lipinski definition) is 5. The Morgan fingerprint density at radius 1 is 1.36 bits per heavy atom. The lowest BCUT2D eigenvalue weighted by Crippen LogP contribution is -2.53. The third-order valence-electron chi connectivity index (χ3n) is 4.26. The molecule has 1 fully saturated rings. The fourth-order valence-electron chi connectivity index (χ4n) is 3.01. The van der Waals surface area contributed by atoms with Crippen molar-refractivity contribution in [2.45, 2.75) is 38.8 Å². The number of carbonyl (C=O) groups is 2. The predicted molar refractivity (Wildman–Crippen MR) is 95.0 cm³/mol. The zero-order chi connectivity index (χ0) is 18.0. The van der Waals surface area contributed by atoms with Crippen LogP contribution in [0.1, 0.15) is 35.6 Å². The average molecular weight is 362 g/mol. The summed E-state index contributed by atoms with van der Waals surface area (Å²) in [6, 6.07) is 3.56. The van der Waals surface area contributed by atoms with E-state index in [-0.39, 0.29) is 17.9 Å². The van der Waals surface area contributed by atoms with Crippen molar-refractivity contribution in [3.63, 3.8) is 0 Å². The van der Waals surface area contributed by atoms with E-state index in [2.05, 4.69) is 10.3 Å². The second-order valence-corrected chi connectivity index (χ2v) is 7.18. The molecule has 2 N–H and O–H groups in total. The van der Waals surface area contributed by atoms with Crippen molar-refractivity contribution in [2.24, 2.45) is 0 Å². The van der Waals surface area contributed by atoms with Gasteiger partial charge < -0.3 is 19.9 Å². The van der Waals surface area contributed by atoms with Crippen LogP contribution >= 0.6 is 11.3 Å². The number of aromatic nitrogens is 2. The molecule has 2 atom stereocenters. The van der Waals surface area contributed by atoms with E-state index < -0.39 is 6.10 Å². The molecule has 1 aliphatic heterocycles. The Morgan fingerprint density at radius 2 is 2.08 bits per heavy atom. The van der Waals surface area contributed by atoms with Crippen LogP contribution in [0, 0.1) is 0 Å². The minimum absolute atomic E-state index is 0.0973. The van der Waals surface area contributed by atoms with Crippen LogP contribution in [-0.4, -0.2) is 56.6 Å². The van der Waals surface area contributed by atoms with Crippen molar-refractivity contribution in [1.82, 2.24) is 19.8 Å². The molecule has 0 aliphatic carbocycles. The first kappa shape index (κ1) is 17.6. The number of aryl methyl sites for hydroxylation is 1. The van der Waals surface area contributed by atoms with E-state index in [1.807, 2.05) is 36.0 Å². The summed E-state index contributed by atoms with van der Waals surface area (Å²) in [6.45, 7) is 4.18. The van der Waals surface area contributed by atoms with Crippen molar-refractivity contribution < 1.29 is 14.7 Å². The standard InChI is InChI=1S/C17H22N4O3S/c1-3-14-15(25-17(19-14)20-6-4-5-7-20)16(24)18-12-8-13(23)10-21(9-12)11(2)22/h4-7,12-13,23H,3,8-10H2,1-2H3,(H,18,24). The van der Waals surface area contributed by atoms with Gasteiger partial charge in [-0.25, -0.2) is 4.98 Å². The smallest absolute Gasteiger partial charge is 0.263 e. The fraction of sp³-hybridized carbons (Fsp3) is 0.471. The van der Waals surface area contributed by atoms with Crippen LogP contribution in [0.5, 0.6) is 0 Å². The van der Waals surface area contributed by atoms with Gasteiger partial charge in [0.2, 0.25) is 5.91 Å². The van der Waals surface area contributed by atoms with Gasteiger partial charge in [-0.1, -0.05) is 18.3 Å². The summed E-state index contributed by atoms with van der Waals surface area (Å²) in [5, 5.41) is 13.7. The topological polar surface area (TPSA) is 87.5 Å².